The van der Waals surface area contributed by atoms with Gasteiger partial charge in [-0.15, -0.1) is 0 Å². The number of fused-ring (bicyclic) bond motifs is 4. The van der Waals surface area contributed by atoms with E-state index in [0.717, 1.165) is 98.5 Å². The first-order valence-corrected chi connectivity index (χ1v) is 16.3. The van der Waals surface area contributed by atoms with Crippen molar-refractivity contribution in [1.29, 1.82) is 5.41 Å². The molecular weight excluding hydrogens is 585 g/mol. The van der Waals surface area contributed by atoms with Crippen LogP contribution in [0.1, 0.15) is 22.3 Å². The first-order chi connectivity index (χ1) is 23.4. The van der Waals surface area contributed by atoms with Crippen molar-refractivity contribution in [1.82, 2.24) is 0 Å². The lowest BCUT2D eigenvalue weighted by molar-refractivity contribution is 1.17. The van der Waals surface area contributed by atoms with Gasteiger partial charge in [0.15, 0.2) is 0 Å². The Morgan fingerprint density at radius 1 is 0.354 bits per heavy atom. The topological polar surface area (TPSA) is 60.9 Å². The molecule has 0 aliphatic rings. The molecule has 1 N–H and O–H groups in total. The molecule has 8 rings (SSSR count). The van der Waals surface area contributed by atoms with Crippen LogP contribution >= 0.6 is 0 Å². The summed E-state index contributed by atoms with van der Waals surface area (Å²) in [5.41, 5.74) is 6.97. The molecule has 0 aliphatic heterocycles. The van der Waals surface area contributed by atoms with Crippen LogP contribution < -0.4 is 21.4 Å². The summed E-state index contributed by atoms with van der Waals surface area (Å²) in [4.78, 5) is 15.5. The molecule has 0 aromatic heterocycles. The van der Waals surface area contributed by atoms with Crippen LogP contribution in [0.4, 0.5) is 17.1 Å². The molecule has 4 heteroatoms. The van der Waals surface area contributed by atoms with Gasteiger partial charge in [0.25, 0.3) is 0 Å². The van der Waals surface area contributed by atoms with Gasteiger partial charge in [0, 0.05) is 21.5 Å². The van der Waals surface area contributed by atoms with Crippen LogP contribution in [0.15, 0.2) is 142 Å². The second-order valence-corrected chi connectivity index (χ2v) is 12.6. The lowest BCUT2D eigenvalue weighted by Gasteiger charge is -2.12. The zero-order valence-electron chi connectivity index (χ0n) is 27.5. The highest BCUT2D eigenvalue weighted by Gasteiger charge is 2.13. The van der Waals surface area contributed by atoms with E-state index in [1.54, 1.807) is 0 Å². The summed E-state index contributed by atoms with van der Waals surface area (Å²) in [6.45, 7) is 8.40. The Bertz CT molecular complexity index is 2810. The van der Waals surface area contributed by atoms with Crippen molar-refractivity contribution in [3.63, 3.8) is 0 Å². The van der Waals surface area contributed by atoms with Gasteiger partial charge >= 0.3 is 0 Å². The van der Waals surface area contributed by atoms with E-state index in [1.807, 2.05) is 97.9 Å². The lowest BCUT2D eigenvalue weighted by Crippen LogP contribution is -2.20. The summed E-state index contributed by atoms with van der Waals surface area (Å²) in [5, 5.41) is 21.0. The molecule has 0 atom stereocenters. The van der Waals surface area contributed by atoms with Gasteiger partial charge in [-0.3, -0.25) is 5.41 Å². The van der Waals surface area contributed by atoms with Gasteiger partial charge in [-0.1, -0.05) is 54.6 Å². The summed E-state index contributed by atoms with van der Waals surface area (Å²) >= 11 is 0. The SMILES string of the molecule is Cc1c(C)/c(=N\c2ccccc2)c2cc3cc4cc5/c(=N/c6ccccc6)c(C)c(C)/c(=N\c6ccccc6)c5cc4cc3cc2c1=N. The minimum atomic E-state index is 0.553. The highest BCUT2D eigenvalue weighted by Crippen LogP contribution is 2.29. The maximum absolute atomic E-state index is 9.08. The summed E-state index contributed by atoms with van der Waals surface area (Å²) in [7, 11) is 0. The van der Waals surface area contributed by atoms with Crippen molar-refractivity contribution in [3.05, 3.63) is 171 Å². The van der Waals surface area contributed by atoms with Gasteiger partial charge in [-0.2, -0.15) is 0 Å². The van der Waals surface area contributed by atoms with E-state index in [2.05, 4.69) is 57.2 Å². The number of rotatable bonds is 3. The Balaban J connectivity index is 1.48. The minimum Gasteiger partial charge on any atom is -0.300 e. The Kier molecular flexibility index (Phi) is 7.14. The zero-order chi connectivity index (χ0) is 32.9. The van der Waals surface area contributed by atoms with Crippen molar-refractivity contribution < 1.29 is 0 Å². The number of hydrogen-bond acceptors (Lipinski definition) is 4. The molecule has 0 aliphatic carbocycles. The molecule has 0 spiro atoms. The van der Waals surface area contributed by atoms with E-state index >= 15 is 0 Å². The van der Waals surface area contributed by atoms with Gasteiger partial charge in [0.2, 0.25) is 0 Å². The fourth-order valence-electron chi connectivity index (χ4n) is 6.75. The molecule has 8 aromatic rings. The van der Waals surface area contributed by atoms with E-state index < -0.39 is 0 Å². The van der Waals surface area contributed by atoms with Crippen LogP contribution in [0.5, 0.6) is 0 Å². The van der Waals surface area contributed by atoms with Gasteiger partial charge in [0.1, 0.15) is 0 Å². The Labute approximate surface area is 278 Å². The highest BCUT2D eigenvalue weighted by atomic mass is 14.7. The molecule has 0 amide bonds. The Hall–Kier alpha value is -6.00. The lowest BCUT2D eigenvalue weighted by atomic mass is 9.93. The number of nitrogens with one attached hydrogen (secondary N) is 1. The molecule has 0 radical (unpaired) electrons. The summed E-state index contributed by atoms with van der Waals surface area (Å²) in [6.07, 6.45) is 0. The van der Waals surface area contributed by atoms with E-state index in [1.165, 1.54) is 0 Å². The average molecular weight is 619 g/mol. The number of hydrogen-bond donors (Lipinski definition) is 1. The molecule has 0 bridgehead atoms. The van der Waals surface area contributed by atoms with E-state index in [9.17, 15) is 0 Å². The molecule has 0 saturated heterocycles. The fraction of sp³-hybridized carbons (Fsp3) is 0.0909. The van der Waals surface area contributed by atoms with Crippen LogP contribution in [0.3, 0.4) is 0 Å². The Morgan fingerprint density at radius 2 is 0.646 bits per heavy atom. The number of benzene rings is 8. The van der Waals surface area contributed by atoms with Crippen LogP contribution in [0.2, 0.25) is 0 Å². The predicted octanol–water partition coefficient (Wildman–Crippen LogP) is 9.59. The molecule has 0 heterocycles. The van der Waals surface area contributed by atoms with Crippen LogP contribution in [0.25, 0.3) is 43.1 Å². The third-order valence-corrected chi connectivity index (χ3v) is 9.66. The van der Waals surface area contributed by atoms with Gasteiger partial charge in [-0.05, 0) is 144 Å². The predicted molar refractivity (Wildman–Crippen MR) is 199 cm³/mol. The molecule has 0 fully saturated rings. The summed E-state index contributed by atoms with van der Waals surface area (Å²) < 4.78 is 0. The monoisotopic (exact) mass is 618 g/mol. The second kappa shape index (κ2) is 11.7. The van der Waals surface area contributed by atoms with E-state index in [4.69, 9.17) is 20.4 Å². The molecule has 48 heavy (non-hydrogen) atoms. The van der Waals surface area contributed by atoms with Crippen LogP contribution in [-0.4, -0.2) is 0 Å². The van der Waals surface area contributed by atoms with Gasteiger partial charge in [0.05, 0.1) is 38.5 Å². The summed E-state index contributed by atoms with van der Waals surface area (Å²) in [6, 6.07) is 43.8. The van der Waals surface area contributed by atoms with Crippen molar-refractivity contribution in [2.24, 2.45) is 15.0 Å². The first kappa shape index (κ1) is 29.4. The van der Waals surface area contributed by atoms with Crippen molar-refractivity contribution in [2.45, 2.75) is 27.7 Å². The molecule has 0 saturated carbocycles. The van der Waals surface area contributed by atoms with Crippen LogP contribution in [0, 0.1) is 33.1 Å². The van der Waals surface area contributed by atoms with Crippen LogP contribution in [-0.2, 0) is 0 Å². The summed E-state index contributed by atoms with van der Waals surface area (Å²) in [5.74, 6) is 0. The molecule has 0 unspecified atom stereocenters. The molecule has 4 nitrogen and oxygen atoms in total. The third-order valence-electron chi connectivity index (χ3n) is 9.66. The normalized spacial score (nSPS) is 13.0. The number of nitrogens with zero attached hydrogens (tertiary/aromatic N) is 3. The third kappa shape index (κ3) is 5.03. The largest absolute Gasteiger partial charge is 0.300 e. The van der Waals surface area contributed by atoms with Crippen molar-refractivity contribution in [3.8, 4) is 0 Å². The van der Waals surface area contributed by atoms with E-state index in [0.29, 0.717) is 5.36 Å². The average Bonchev–Trinajstić information content (AvgIpc) is 3.12. The molecule has 230 valence electrons. The van der Waals surface area contributed by atoms with Crippen molar-refractivity contribution >= 4 is 60.2 Å². The second-order valence-electron chi connectivity index (χ2n) is 12.6. The standard InChI is InChI=1S/C44H34N4/c1-26-27(2)42(46-34-14-8-5-9-15-34)38-23-31-21-33-25-40-39(24-32(33)20-30(31)22-37(38)41(26)45)43(47-35-16-10-6-11-17-35)28(3)29(4)44(40)48-36-18-12-7-13-19-36/h5-25,45H,1-4H3/b45-41?,46-42+,47-43+,48-44+. The minimum absolute atomic E-state index is 0.553. The molecular formula is C44H34N4. The zero-order valence-corrected chi connectivity index (χ0v) is 27.5. The number of para-hydroxylation sites is 3. The van der Waals surface area contributed by atoms with Gasteiger partial charge < -0.3 is 0 Å². The van der Waals surface area contributed by atoms with E-state index in [-0.39, 0.29) is 0 Å². The fourth-order valence-corrected chi connectivity index (χ4v) is 6.75. The Morgan fingerprint density at radius 3 is 1.00 bits per heavy atom. The van der Waals surface area contributed by atoms with Gasteiger partial charge in [-0.25, -0.2) is 15.0 Å². The smallest absolute Gasteiger partial charge is 0.0748 e. The first-order valence-electron chi connectivity index (χ1n) is 16.3. The quantitative estimate of drug-likeness (QED) is 0.192. The van der Waals surface area contributed by atoms with Crippen molar-refractivity contribution in [2.75, 3.05) is 0 Å². The molecule has 8 aromatic carbocycles. The maximum atomic E-state index is 9.08. The highest BCUT2D eigenvalue weighted by molar-refractivity contribution is 6.08. The maximum Gasteiger partial charge on any atom is 0.0748 e.